The minimum Gasteiger partial charge on any atom is -0.388 e. The molecule has 0 spiro atoms. The molecule has 0 aliphatic carbocycles. The third kappa shape index (κ3) is 3.05. The van der Waals surface area contributed by atoms with Crippen LogP contribution in [-0.2, 0) is 20.2 Å². The summed E-state index contributed by atoms with van der Waals surface area (Å²) in [7, 11) is 1.92. The molecule has 3 heterocycles. The number of H-pyrrole nitrogens is 1. The van der Waals surface area contributed by atoms with Gasteiger partial charge in [-0.05, 0) is 25.5 Å². The van der Waals surface area contributed by atoms with E-state index in [1.807, 2.05) is 29.8 Å². The molecule has 25 heavy (non-hydrogen) atoms. The molecule has 0 amide bonds. The van der Waals surface area contributed by atoms with Gasteiger partial charge < -0.3 is 14.7 Å². The molecule has 1 aliphatic heterocycles. The Morgan fingerprint density at radius 3 is 2.92 bits per heavy atom. The van der Waals surface area contributed by atoms with Crippen LogP contribution in [0, 0.1) is 0 Å². The zero-order chi connectivity index (χ0) is 17.4. The highest BCUT2D eigenvalue weighted by Crippen LogP contribution is 2.31. The summed E-state index contributed by atoms with van der Waals surface area (Å²) in [6.07, 6.45) is 2.21. The molecule has 1 aliphatic rings. The fourth-order valence-corrected chi connectivity index (χ4v) is 4.05. The molecule has 1 aromatic carbocycles. The normalized spacial score (nSPS) is 18.9. The minimum atomic E-state index is -0.0788. The second-order valence-corrected chi connectivity index (χ2v) is 7.11. The van der Waals surface area contributed by atoms with Gasteiger partial charge in [0.2, 0.25) is 0 Å². The first kappa shape index (κ1) is 16.6. The van der Waals surface area contributed by atoms with Crippen LogP contribution in [0.25, 0.3) is 10.9 Å². The first-order chi connectivity index (χ1) is 12.2. The van der Waals surface area contributed by atoms with Crippen LogP contribution in [-0.4, -0.2) is 42.8 Å². The maximum absolute atomic E-state index is 9.32. The van der Waals surface area contributed by atoms with Crippen LogP contribution in [0.15, 0.2) is 24.3 Å². The lowest BCUT2D eigenvalue weighted by atomic mass is 9.97. The molecule has 3 aromatic rings. The molecule has 0 radical (unpaired) electrons. The molecular weight excluding hydrogens is 338 g/mol. The fourth-order valence-electron chi connectivity index (χ4n) is 3.77. The Kier molecular flexibility index (Phi) is 4.50. The van der Waals surface area contributed by atoms with E-state index in [0.717, 1.165) is 59.9 Å². The summed E-state index contributed by atoms with van der Waals surface area (Å²) >= 11 is 6.56. The van der Waals surface area contributed by atoms with Crippen LogP contribution in [0.4, 0.5) is 0 Å². The Balaban J connectivity index is 1.53. The number of nitrogens with one attached hydrogen (secondary N) is 1. The number of fused-ring (bicyclic) bond motifs is 1. The number of aliphatic hydroxyl groups is 1. The molecule has 2 aromatic heterocycles. The monoisotopic (exact) mass is 359 g/mol. The van der Waals surface area contributed by atoms with Gasteiger partial charge in [-0.25, -0.2) is 0 Å². The Bertz CT molecular complexity index is 887. The lowest BCUT2D eigenvalue weighted by Crippen LogP contribution is -2.35. The van der Waals surface area contributed by atoms with Crippen LogP contribution >= 0.6 is 11.6 Å². The molecule has 6 nitrogen and oxygen atoms in total. The van der Waals surface area contributed by atoms with Gasteiger partial charge in [-0.1, -0.05) is 29.8 Å². The number of benzene rings is 1. The van der Waals surface area contributed by atoms with Crippen LogP contribution in [0.1, 0.15) is 36.1 Å². The minimum absolute atomic E-state index is 0.0788. The van der Waals surface area contributed by atoms with Crippen molar-refractivity contribution in [1.82, 2.24) is 24.6 Å². The third-order valence-corrected chi connectivity index (χ3v) is 5.54. The van der Waals surface area contributed by atoms with Crippen LogP contribution in [0.3, 0.4) is 0 Å². The van der Waals surface area contributed by atoms with Gasteiger partial charge in [0.15, 0.2) is 5.82 Å². The van der Waals surface area contributed by atoms with Crippen molar-refractivity contribution in [1.29, 1.82) is 0 Å². The zero-order valence-corrected chi connectivity index (χ0v) is 15.0. The number of likely N-dealkylation sites (tertiary alicyclic amines) is 1. The third-order valence-electron chi connectivity index (χ3n) is 5.11. The lowest BCUT2D eigenvalue weighted by molar-refractivity contribution is 0.193. The van der Waals surface area contributed by atoms with Crippen molar-refractivity contribution < 1.29 is 5.11 Å². The quantitative estimate of drug-likeness (QED) is 0.751. The van der Waals surface area contributed by atoms with Crippen LogP contribution in [0.2, 0.25) is 5.02 Å². The Morgan fingerprint density at radius 1 is 1.32 bits per heavy atom. The highest BCUT2D eigenvalue weighted by atomic mass is 35.5. The van der Waals surface area contributed by atoms with Crippen molar-refractivity contribution >= 4 is 22.5 Å². The van der Waals surface area contributed by atoms with Gasteiger partial charge in [0.05, 0.1) is 5.02 Å². The summed E-state index contributed by atoms with van der Waals surface area (Å²) in [5.41, 5.74) is 2.15. The van der Waals surface area contributed by atoms with Crippen molar-refractivity contribution in [2.45, 2.75) is 31.9 Å². The van der Waals surface area contributed by atoms with Gasteiger partial charge in [-0.3, -0.25) is 4.90 Å². The number of para-hydroxylation sites is 1. The molecule has 132 valence electrons. The van der Waals surface area contributed by atoms with E-state index in [-0.39, 0.29) is 6.61 Å². The topological polar surface area (TPSA) is 70.0 Å². The van der Waals surface area contributed by atoms with Crippen molar-refractivity contribution in [2.75, 3.05) is 13.1 Å². The molecule has 1 atom stereocenters. The van der Waals surface area contributed by atoms with E-state index in [2.05, 4.69) is 26.1 Å². The zero-order valence-electron chi connectivity index (χ0n) is 14.2. The largest absolute Gasteiger partial charge is 0.388 e. The maximum atomic E-state index is 9.32. The predicted molar refractivity (Wildman–Crippen MR) is 97.5 cm³/mol. The lowest BCUT2D eigenvalue weighted by Gasteiger charge is -2.32. The molecule has 0 unspecified atom stereocenters. The van der Waals surface area contributed by atoms with Gasteiger partial charge in [0, 0.05) is 42.7 Å². The number of hydrogen-bond acceptors (Lipinski definition) is 4. The molecular formula is C18H22ClN5O. The number of aliphatic hydroxyl groups excluding tert-OH is 1. The molecule has 1 fully saturated rings. The van der Waals surface area contributed by atoms with Gasteiger partial charge in [-0.15, -0.1) is 10.2 Å². The van der Waals surface area contributed by atoms with Crippen molar-refractivity contribution in [2.24, 2.45) is 7.05 Å². The van der Waals surface area contributed by atoms with Crippen LogP contribution in [0.5, 0.6) is 0 Å². The SMILES string of the molecule is Cn1c(CO)nnc1[C@@H]1CCCN(Cc2[nH]c3ccccc3c2Cl)C1. The first-order valence-electron chi connectivity index (χ1n) is 8.64. The molecule has 0 saturated carbocycles. The van der Waals surface area contributed by atoms with Gasteiger partial charge in [-0.2, -0.15) is 0 Å². The number of aromatic nitrogens is 4. The number of piperidine rings is 1. The van der Waals surface area contributed by atoms with Crippen LogP contribution < -0.4 is 0 Å². The number of rotatable bonds is 4. The standard InChI is InChI=1S/C18H22ClN5O/c1-23-16(11-25)21-22-18(23)12-5-4-8-24(9-12)10-15-17(19)13-6-2-3-7-14(13)20-15/h2-3,6-7,12,20,25H,4-5,8-11H2,1H3/t12-/m1/s1. The van der Waals surface area contributed by atoms with E-state index in [0.29, 0.717) is 11.7 Å². The summed E-state index contributed by atoms with van der Waals surface area (Å²) in [4.78, 5) is 5.87. The second kappa shape index (κ2) is 6.78. The number of halogens is 1. The van der Waals surface area contributed by atoms with E-state index in [4.69, 9.17) is 11.6 Å². The molecule has 1 saturated heterocycles. The smallest absolute Gasteiger partial charge is 0.158 e. The summed E-state index contributed by atoms with van der Waals surface area (Å²) in [5.74, 6) is 1.90. The number of aromatic amines is 1. The Morgan fingerprint density at radius 2 is 2.16 bits per heavy atom. The molecule has 0 bridgehead atoms. The highest BCUT2D eigenvalue weighted by molar-refractivity contribution is 6.36. The van der Waals surface area contributed by atoms with E-state index in [9.17, 15) is 5.11 Å². The fraction of sp³-hybridized carbons (Fsp3) is 0.444. The van der Waals surface area contributed by atoms with Gasteiger partial charge in [0.1, 0.15) is 12.4 Å². The summed E-state index contributed by atoms with van der Waals surface area (Å²) in [5, 5.41) is 19.6. The van der Waals surface area contributed by atoms with E-state index in [1.54, 1.807) is 0 Å². The predicted octanol–water partition coefficient (Wildman–Crippen LogP) is 2.82. The Labute approximate surface area is 151 Å². The average molecular weight is 360 g/mol. The molecule has 2 N–H and O–H groups in total. The van der Waals surface area contributed by atoms with Crippen molar-refractivity contribution in [3.05, 3.63) is 46.6 Å². The summed E-state index contributed by atoms with van der Waals surface area (Å²) in [6, 6.07) is 8.13. The number of hydrogen-bond donors (Lipinski definition) is 2. The highest BCUT2D eigenvalue weighted by Gasteiger charge is 2.26. The molecule has 4 rings (SSSR count). The second-order valence-electron chi connectivity index (χ2n) is 6.73. The van der Waals surface area contributed by atoms with E-state index >= 15 is 0 Å². The van der Waals surface area contributed by atoms with Gasteiger partial charge in [0.25, 0.3) is 0 Å². The number of nitrogens with zero attached hydrogens (tertiary/aromatic N) is 4. The summed E-state index contributed by atoms with van der Waals surface area (Å²) < 4.78 is 1.92. The maximum Gasteiger partial charge on any atom is 0.158 e. The molecule has 7 heteroatoms. The van der Waals surface area contributed by atoms with E-state index in [1.165, 1.54) is 0 Å². The summed E-state index contributed by atoms with van der Waals surface area (Å²) in [6.45, 7) is 2.69. The first-order valence-corrected chi connectivity index (χ1v) is 9.01. The average Bonchev–Trinajstić information content (AvgIpc) is 3.16. The van der Waals surface area contributed by atoms with E-state index < -0.39 is 0 Å². The van der Waals surface area contributed by atoms with Gasteiger partial charge >= 0.3 is 0 Å². The Hall–Kier alpha value is -1.89. The van der Waals surface area contributed by atoms with Crippen molar-refractivity contribution in [3.63, 3.8) is 0 Å². The van der Waals surface area contributed by atoms with Crippen molar-refractivity contribution in [3.8, 4) is 0 Å².